The molecule has 17 heavy (non-hydrogen) atoms. The summed E-state index contributed by atoms with van der Waals surface area (Å²) in [4.78, 5) is 2.28. The Morgan fingerprint density at radius 3 is 2.65 bits per heavy atom. The van der Waals surface area contributed by atoms with Crippen LogP contribution >= 0.6 is 11.6 Å². The van der Waals surface area contributed by atoms with E-state index in [0.717, 1.165) is 54.6 Å². The summed E-state index contributed by atoms with van der Waals surface area (Å²) in [6, 6.07) is 1.74. The number of hydrogen-bond acceptors (Lipinski definition) is 3. The second-order valence-electron chi connectivity index (χ2n) is 4.52. The van der Waals surface area contributed by atoms with E-state index in [1.165, 1.54) is 0 Å². The fraction of sp³-hybridized carbons (Fsp3) is 0.538. The zero-order valence-corrected chi connectivity index (χ0v) is 11.0. The third-order valence-electron chi connectivity index (χ3n) is 3.28. The fourth-order valence-corrected chi connectivity index (χ4v) is 2.33. The van der Waals surface area contributed by atoms with Crippen LogP contribution in [0.3, 0.4) is 0 Å². The highest BCUT2D eigenvalue weighted by molar-refractivity contribution is 6.32. The van der Waals surface area contributed by atoms with Crippen molar-refractivity contribution in [2.45, 2.75) is 20.4 Å². The summed E-state index contributed by atoms with van der Waals surface area (Å²) >= 11 is 6.22. The molecule has 3 nitrogen and oxygen atoms in total. The van der Waals surface area contributed by atoms with Gasteiger partial charge in [-0.2, -0.15) is 0 Å². The number of nitrogens with zero attached hydrogens (tertiary/aromatic N) is 1. The molecule has 1 aromatic rings. The first kappa shape index (κ1) is 12.7. The number of hydrogen-bond donors (Lipinski definition) is 1. The van der Waals surface area contributed by atoms with Crippen molar-refractivity contribution < 1.29 is 9.84 Å². The predicted octanol–water partition coefficient (Wildman–Crippen LogP) is 2.49. The Labute approximate surface area is 107 Å². The van der Waals surface area contributed by atoms with Crippen LogP contribution in [0.25, 0.3) is 0 Å². The van der Waals surface area contributed by atoms with Crippen LogP contribution in [-0.2, 0) is 11.3 Å². The first-order valence-electron chi connectivity index (χ1n) is 5.87. The summed E-state index contributed by atoms with van der Waals surface area (Å²) in [5.74, 6) is 0.343. The van der Waals surface area contributed by atoms with Crippen molar-refractivity contribution >= 4 is 11.6 Å². The molecule has 1 N–H and O–H groups in total. The normalized spacial score (nSPS) is 17.4. The van der Waals surface area contributed by atoms with Crippen molar-refractivity contribution in [3.63, 3.8) is 0 Å². The minimum absolute atomic E-state index is 0.343. The molecule has 0 bridgehead atoms. The quantitative estimate of drug-likeness (QED) is 0.881. The number of rotatable bonds is 2. The standard InChI is InChI=1S/C13H18ClNO2/c1-9-7-12(16)11(10(2)13(9)14)8-15-3-5-17-6-4-15/h7,16H,3-6,8H2,1-2H3. The molecule has 2 rings (SSSR count). The molecule has 1 aliphatic heterocycles. The lowest BCUT2D eigenvalue weighted by Gasteiger charge is -2.27. The Balaban J connectivity index is 2.22. The molecule has 0 radical (unpaired) electrons. The van der Waals surface area contributed by atoms with Gasteiger partial charge in [0, 0.05) is 30.2 Å². The molecular weight excluding hydrogens is 238 g/mol. The molecule has 1 aliphatic rings. The summed E-state index contributed by atoms with van der Waals surface area (Å²) in [5.41, 5.74) is 2.84. The van der Waals surface area contributed by atoms with Crippen molar-refractivity contribution in [3.8, 4) is 5.75 Å². The van der Waals surface area contributed by atoms with Crippen LogP contribution in [0.4, 0.5) is 0 Å². The number of phenols is 1. The summed E-state index contributed by atoms with van der Waals surface area (Å²) < 4.78 is 5.31. The lowest BCUT2D eigenvalue weighted by molar-refractivity contribution is 0.0338. The van der Waals surface area contributed by atoms with E-state index in [1.807, 2.05) is 13.8 Å². The Morgan fingerprint density at radius 1 is 1.35 bits per heavy atom. The monoisotopic (exact) mass is 255 g/mol. The first-order chi connectivity index (χ1) is 8.09. The SMILES string of the molecule is Cc1cc(O)c(CN2CCOCC2)c(C)c1Cl. The summed E-state index contributed by atoms with van der Waals surface area (Å²) in [6.07, 6.45) is 0. The predicted molar refractivity (Wildman–Crippen MR) is 68.7 cm³/mol. The Bertz CT molecular complexity index is 414. The largest absolute Gasteiger partial charge is 0.508 e. The van der Waals surface area contributed by atoms with Crippen LogP contribution in [0, 0.1) is 13.8 Å². The number of benzene rings is 1. The molecule has 1 heterocycles. The highest BCUT2D eigenvalue weighted by Gasteiger charge is 2.16. The zero-order valence-electron chi connectivity index (χ0n) is 10.3. The van der Waals surface area contributed by atoms with Crippen LogP contribution in [0.5, 0.6) is 5.75 Å². The first-order valence-corrected chi connectivity index (χ1v) is 6.25. The molecule has 0 unspecified atom stereocenters. The van der Waals surface area contributed by atoms with Gasteiger partial charge in [0.05, 0.1) is 13.2 Å². The van der Waals surface area contributed by atoms with Gasteiger partial charge in [-0.3, -0.25) is 4.90 Å². The van der Waals surface area contributed by atoms with Crippen LogP contribution in [0.2, 0.25) is 5.02 Å². The van der Waals surface area contributed by atoms with E-state index in [2.05, 4.69) is 4.90 Å². The molecule has 94 valence electrons. The number of ether oxygens (including phenoxy) is 1. The van der Waals surface area contributed by atoms with E-state index < -0.39 is 0 Å². The van der Waals surface area contributed by atoms with Crippen LogP contribution in [-0.4, -0.2) is 36.3 Å². The Kier molecular flexibility index (Phi) is 3.92. The molecule has 1 aromatic carbocycles. The summed E-state index contributed by atoms with van der Waals surface area (Å²) in [5, 5.41) is 10.8. The molecule has 0 aromatic heterocycles. The van der Waals surface area contributed by atoms with Crippen molar-refractivity contribution in [2.24, 2.45) is 0 Å². The van der Waals surface area contributed by atoms with Gasteiger partial charge in [0.15, 0.2) is 0 Å². The third kappa shape index (κ3) is 2.73. The van der Waals surface area contributed by atoms with Gasteiger partial charge in [0.1, 0.15) is 5.75 Å². The van der Waals surface area contributed by atoms with E-state index in [0.29, 0.717) is 5.75 Å². The highest BCUT2D eigenvalue weighted by Crippen LogP contribution is 2.31. The maximum Gasteiger partial charge on any atom is 0.120 e. The number of aromatic hydroxyl groups is 1. The molecule has 0 saturated carbocycles. The van der Waals surface area contributed by atoms with Gasteiger partial charge in [-0.25, -0.2) is 0 Å². The summed E-state index contributed by atoms with van der Waals surface area (Å²) in [6.45, 7) is 7.95. The van der Waals surface area contributed by atoms with Gasteiger partial charge in [-0.15, -0.1) is 0 Å². The van der Waals surface area contributed by atoms with E-state index in [9.17, 15) is 5.11 Å². The number of aryl methyl sites for hydroxylation is 1. The van der Waals surface area contributed by atoms with Gasteiger partial charge in [0.25, 0.3) is 0 Å². The van der Waals surface area contributed by atoms with E-state index in [-0.39, 0.29) is 0 Å². The molecule has 0 atom stereocenters. The second-order valence-corrected chi connectivity index (χ2v) is 4.90. The topological polar surface area (TPSA) is 32.7 Å². The minimum Gasteiger partial charge on any atom is -0.508 e. The fourth-order valence-electron chi connectivity index (χ4n) is 2.16. The van der Waals surface area contributed by atoms with Crippen molar-refractivity contribution in [1.82, 2.24) is 4.90 Å². The number of phenolic OH excluding ortho intramolecular Hbond substituents is 1. The molecule has 1 fully saturated rings. The smallest absolute Gasteiger partial charge is 0.120 e. The van der Waals surface area contributed by atoms with Crippen LogP contribution < -0.4 is 0 Å². The summed E-state index contributed by atoms with van der Waals surface area (Å²) in [7, 11) is 0. The van der Waals surface area contributed by atoms with Crippen molar-refractivity contribution in [1.29, 1.82) is 0 Å². The maximum absolute atomic E-state index is 10.0. The Morgan fingerprint density at radius 2 is 2.00 bits per heavy atom. The Hall–Kier alpha value is -0.770. The highest BCUT2D eigenvalue weighted by atomic mass is 35.5. The number of morpholine rings is 1. The minimum atomic E-state index is 0.343. The maximum atomic E-state index is 10.0. The molecule has 0 spiro atoms. The molecular formula is C13H18ClNO2. The van der Waals surface area contributed by atoms with E-state index in [4.69, 9.17) is 16.3 Å². The van der Waals surface area contributed by atoms with Gasteiger partial charge in [0.2, 0.25) is 0 Å². The van der Waals surface area contributed by atoms with Gasteiger partial charge >= 0.3 is 0 Å². The van der Waals surface area contributed by atoms with Gasteiger partial charge < -0.3 is 9.84 Å². The molecule has 4 heteroatoms. The molecule has 0 amide bonds. The van der Waals surface area contributed by atoms with Gasteiger partial charge in [-0.1, -0.05) is 11.6 Å². The van der Waals surface area contributed by atoms with E-state index in [1.54, 1.807) is 6.07 Å². The molecule has 0 aliphatic carbocycles. The average molecular weight is 256 g/mol. The zero-order chi connectivity index (χ0) is 12.4. The lowest BCUT2D eigenvalue weighted by Crippen LogP contribution is -2.35. The van der Waals surface area contributed by atoms with Crippen LogP contribution in [0.15, 0.2) is 6.07 Å². The number of halogens is 1. The second kappa shape index (κ2) is 5.25. The van der Waals surface area contributed by atoms with Crippen molar-refractivity contribution in [3.05, 3.63) is 27.8 Å². The van der Waals surface area contributed by atoms with E-state index >= 15 is 0 Å². The average Bonchev–Trinajstić information content (AvgIpc) is 2.33. The third-order valence-corrected chi connectivity index (χ3v) is 3.86. The molecule has 1 saturated heterocycles. The van der Waals surface area contributed by atoms with Crippen molar-refractivity contribution in [2.75, 3.05) is 26.3 Å². The van der Waals surface area contributed by atoms with Gasteiger partial charge in [-0.05, 0) is 31.0 Å². The lowest BCUT2D eigenvalue weighted by atomic mass is 10.0. The van der Waals surface area contributed by atoms with Crippen LogP contribution in [0.1, 0.15) is 16.7 Å².